The molecule has 2 rings (SSSR count). The third-order valence-corrected chi connectivity index (χ3v) is 2.69. The maximum Gasteiger partial charge on any atom is 0.232 e. The van der Waals surface area contributed by atoms with Gasteiger partial charge < -0.3 is 4.98 Å². The van der Waals surface area contributed by atoms with Crippen LogP contribution in [0, 0.1) is 6.92 Å². The molecule has 0 bridgehead atoms. The predicted octanol–water partition coefficient (Wildman–Crippen LogP) is 0.816. The van der Waals surface area contributed by atoms with Gasteiger partial charge in [0.05, 0.1) is 0 Å². The Labute approximate surface area is 83.7 Å². The number of aromatic nitrogens is 6. The number of rotatable bonds is 2. The summed E-state index contributed by atoms with van der Waals surface area (Å²) in [7, 11) is 0. The van der Waals surface area contributed by atoms with Crippen LogP contribution in [0.5, 0.6) is 0 Å². The molecule has 0 aromatic carbocycles. The molecule has 67 valence electrons. The fourth-order valence-electron chi connectivity index (χ4n) is 0.765. The average Bonchev–Trinajstić information content (AvgIpc) is 2.70. The molecule has 13 heavy (non-hydrogen) atoms. The van der Waals surface area contributed by atoms with Crippen molar-refractivity contribution < 1.29 is 0 Å². The van der Waals surface area contributed by atoms with Crippen LogP contribution in [-0.4, -0.2) is 29.4 Å². The van der Waals surface area contributed by atoms with Gasteiger partial charge in [-0.15, -0.1) is 20.4 Å². The lowest BCUT2D eigenvalue weighted by Crippen LogP contribution is -1.91. The summed E-state index contributed by atoms with van der Waals surface area (Å²) in [6, 6.07) is 0. The lowest BCUT2D eigenvalue weighted by molar-refractivity contribution is 0.931. The molecular formula is C5H5N6S2. The molecule has 1 radical (unpaired) electrons. The second kappa shape index (κ2) is 3.30. The van der Waals surface area contributed by atoms with Gasteiger partial charge in [0.2, 0.25) is 10.3 Å². The number of aromatic amines is 1. The van der Waals surface area contributed by atoms with Gasteiger partial charge in [0.25, 0.3) is 0 Å². The molecule has 2 aromatic heterocycles. The highest BCUT2D eigenvalue weighted by atomic mass is 32.2. The molecule has 0 spiro atoms. The zero-order valence-electron chi connectivity index (χ0n) is 6.63. The third kappa shape index (κ3) is 1.63. The first-order valence-electron chi connectivity index (χ1n) is 3.41. The van der Waals surface area contributed by atoms with Crippen molar-refractivity contribution in [2.75, 3.05) is 0 Å². The number of nitrogens with zero attached hydrogens (tertiary/aromatic N) is 5. The molecule has 0 saturated heterocycles. The molecule has 0 amide bonds. The zero-order chi connectivity index (χ0) is 9.26. The van der Waals surface area contributed by atoms with Gasteiger partial charge in [-0.25, -0.2) is 3.97 Å². The van der Waals surface area contributed by atoms with Crippen molar-refractivity contribution >= 4 is 24.6 Å². The Kier molecular flexibility index (Phi) is 2.15. The highest BCUT2D eigenvalue weighted by Crippen LogP contribution is 2.19. The SMILES string of the molecule is Cc1nnc([S])n1Sc1nnc[nH]1. The van der Waals surface area contributed by atoms with Crippen LogP contribution in [0.4, 0.5) is 0 Å². The van der Waals surface area contributed by atoms with Crippen molar-refractivity contribution in [3.8, 4) is 0 Å². The van der Waals surface area contributed by atoms with Crippen molar-refractivity contribution in [3.05, 3.63) is 12.2 Å². The molecule has 0 saturated carbocycles. The maximum atomic E-state index is 4.95. The molecule has 0 atom stereocenters. The fourth-order valence-corrected chi connectivity index (χ4v) is 1.70. The number of nitrogens with one attached hydrogen (secondary N) is 1. The van der Waals surface area contributed by atoms with E-state index in [9.17, 15) is 0 Å². The van der Waals surface area contributed by atoms with Crippen LogP contribution in [0.15, 0.2) is 16.6 Å². The van der Waals surface area contributed by atoms with Crippen LogP contribution >= 0.6 is 24.6 Å². The van der Waals surface area contributed by atoms with Gasteiger partial charge in [0, 0.05) is 11.9 Å². The van der Waals surface area contributed by atoms with E-state index < -0.39 is 0 Å². The topological polar surface area (TPSA) is 72.3 Å². The standard InChI is InChI=1S/C5H5N6S2/c1-3-8-10-5(12)11(3)13-4-6-2-7-9-4/h2H,1H3,(H,6,7,9). The average molecular weight is 213 g/mol. The zero-order valence-corrected chi connectivity index (χ0v) is 8.26. The number of aryl methyl sites for hydroxylation is 1. The smallest absolute Gasteiger partial charge is 0.232 e. The second-order valence-electron chi connectivity index (χ2n) is 2.21. The van der Waals surface area contributed by atoms with Crippen molar-refractivity contribution in [2.24, 2.45) is 0 Å². The predicted molar refractivity (Wildman–Crippen MR) is 48.3 cm³/mol. The van der Waals surface area contributed by atoms with Crippen molar-refractivity contribution in [3.63, 3.8) is 0 Å². The van der Waals surface area contributed by atoms with Crippen LogP contribution in [0.1, 0.15) is 5.82 Å². The molecule has 0 aliphatic rings. The molecule has 0 aliphatic carbocycles. The first kappa shape index (κ1) is 8.45. The van der Waals surface area contributed by atoms with Gasteiger partial charge in [-0.1, -0.05) is 0 Å². The quantitative estimate of drug-likeness (QED) is 0.799. The van der Waals surface area contributed by atoms with Crippen LogP contribution in [0.2, 0.25) is 0 Å². The monoisotopic (exact) mass is 213 g/mol. The minimum absolute atomic E-state index is 0.430. The Balaban J connectivity index is 2.27. The summed E-state index contributed by atoms with van der Waals surface area (Å²) in [6.07, 6.45) is 1.51. The van der Waals surface area contributed by atoms with E-state index in [1.807, 2.05) is 6.92 Å². The minimum Gasteiger partial charge on any atom is -0.321 e. The molecule has 8 heteroatoms. The fraction of sp³-hybridized carbons (Fsp3) is 0.200. The van der Waals surface area contributed by atoms with Gasteiger partial charge in [0.15, 0.2) is 0 Å². The molecule has 2 aromatic rings. The summed E-state index contributed by atoms with van der Waals surface area (Å²) in [4.78, 5) is 2.85. The van der Waals surface area contributed by atoms with Crippen molar-refractivity contribution in [1.29, 1.82) is 0 Å². The van der Waals surface area contributed by atoms with Gasteiger partial charge in [0.1, 0.15) is 12.2 Å². The Bertz CT molecular complexity index is 374. The summed E-state index contributed by atoms with van der Waals surface area (Å²) in [5.41, 5.74) is 0. The van der Waals surface area contributed by atoms with Crippen LogP contribution < -0.4 is 0 Å². The van der Waals surface area contributed by atoms with E-state index in [4.69, 9.17) is 12.6 Å². The molecular weight excluding hydrogens is 208 g/mol. The summed E-state index contributed by atoms with van der Waals surface area (Å²) in [6.45, 7) is 1.83. The van der Waals surface area contributed by atoms with E-state index in [0.29, 0.717) is 10.3 Å². The number of hydrogen-bond acceptors (Lipinski definition) is 5. The van der Waals surface area contributed by atoms with Gasteiger partial charge in [-0.05, 0) is 19.6 Å². The highest BCUT2D eigenvalue weighted by Gasteiger charge is 2.08. The lowest BCUT2D eigenvalue weighted by atomic mass is 10.8. The number of hydrogen-bond donors (Lipinski definition) is 1. The summed E-state index contributed by atoms with van der Waals surface area (Å²) >= 11 is 6.26. The van der Waals surface area contributed by atoms with E-state index in [-0.39, 0.29) is 0 Å². The Hall–Kier alpha value is -1.15. The number of H-pyrrole nitrogens is 1. The normalized spacial score (nSPS) is 10.5. The van der Waals surface area contributed by atoms with Crippen LogP contribution in [0.3, 0.4) is 0 Å². The lowest BCUT2D eigenvalue weighted by Gasteiger charge is -1.98. The van der Waals surface area contributed by atoms with E-state index in [1.165, 1.54) is 18.3 Å². The van der Waals surface area contributed by atoms with E-state index >= 15 is 0 Å². The largest absolute Gasteiger partial charge is 0.321 e. The Morgan fingerprint density at radius 3 is 2.85 bits per heavy atom. The summed E-state index contributed by atoms with van der Waals surface area (Å²) in [5, 5.41) is 16.1. The molecule has 0 fully saturated rings. The third-order valence-electron chi connectivity index (χ3n) is 1.32. The molecule has 1 N–H and O–H groups in total. The summed E-state index contributed by atoms with van der Waals surface area (Å²) in [5.74, 6) is 0.742. The van der Waals surface area contributed by atoms with Crippen molar-refractivity contribution in [1.82, 2.24) is 29.4 Å². The van der Waals surface area contributed by atoms with E-state index in [0.717, 1.165) is 5.82 Å². The summed E-state index contributed by atoms with van der Waals surface area (Å²) < 4.78 is 1.70. The first-order valence-corrected chi connectivity index (χ1v) is 4.59. The molecule has 2 heterocycles. The van der Waals surface area contributed by atoms with Gasteiger partial charge in [-0.3, -0.25) is 0 Å². The molecule has 6 nitrogen and oxygen atoms in total. The first-order chi connectivity index (χ1) is 6.27. The maximum absolute atomic E-state index is 4.95. The van der Waals surface area contributed by atoms with E-state index in [1.54, 1.807) is 3.97 Å². The van der Waals surface area contributed by atoms with Gasteiger partial charge in [-0.2, -0.15) is 0 Å². The molecule has 0 unspecified atom stereocenters. The second-order valence-corrected chi connectivity index (χ2v) is 3.51. The van der Waals surface area contributed by atoms with Gasteiger partial charge >= 0.3 is 0 Å². The minimum atomic E-state index is 0.430. The highest BCUT2D eigenvalue weighted by molar-refractivity contribution is 7.98. The Morgan fingerprint density at radius 2 is 2.31 bits per heavy atom. The van der Waals surface area contributed by atoms with Crippen molar-refractivity contribution in [2.45, 2.75) is 17.2 Å². The molecule has 0 aliphatic heterocycles. The van der Waals surface area contributed by atoms with Crippen LogP contribution in [0.25, 0.3) is 0 Å². The Morgan fingerprint density at radius 1 is 1.46 bits per heavy atom. The van der Waals surface area contributed by atoms with E-state index in [2.05, 4.69) is 25.4 Å². The van der Waals surface area contributed by atoms with Crippen LogP contribution in [-0.2, 0) is 0 Å².